The number of aromatic nitrogens is 1. The lowest BCUT2D eigenvalue weighted by atomic mass is 10.2. The van der Waals surface area contributed by atoms with Gasteiger partial charge in [-0.1, -0.05) is 33.6 Å². The number of ether oxygens (including phenoxy) is 1. The maximum absolute atomic E-state index is 5.87. The van der Waals surface area contributed by atoms with Crippen LogP contribution >= 0.6 is 0 Å². The Hall–Kier alpha value is -1.09. The second-order valence-electron chi connectivity index (χ2n) is 5.02. The van der Waals surface area contributed by atoms with Crippen molar-refractivity contribution in [3.8, 4) is 5.75 Å². The van der Waals surface area contributed by atoms with Crippen LogP contribution in [0.2, 0.25) is 0 Å². The number of aryl methyl sites for hydroxylation is 1. The molecule has 3 nitrogen and oxygen atoms in total. The molecule has 0 fully saturated rings. The highest BCUT2D eigenvalue weighted by Gasteiger charge is 2.05. The van der Waals surface area contributed by atoms with Crippen molar-refractivity contribution >= 4 is 0 Å². The van der Waals surface area contributed by atoms with Gasteiger partial charge in [0.15, 0.2) is 0 Å². The summed E-state index contributed by atoms with van der Waals surface area (Å²) in [5, 5.41) is 3.40. The second-order valence-corrected chi connectivity index (χ2v) is 5.02. The van der Waals surface area contributed by atoms with Gasteiger partial charge < -0.3 is 10.1 Å². The van der Waals surface area contributed by atoms with Gasteiger partial charge in [0, 0.05) is 36.1 Å². The molecule has 0 saturated carbocycles. The lowest BCUT2D eigenvalue weighted by molar-refractivity contribution is 0.301. The zero-order valence-electron chi connectivity index (χ0n) is 12.1. The molecule has 1 aromatic rings. The second kappa shape index (κ2) is 8.09. The van der Waals surface area contributed by atoms with E-state index in [1.54, 1.807) is 0 Å². The van der Waals surface area contributed by atoms with E-state index in [0.717, 1.165) is 36.6 Å². The molecule has 0 bridgehead atoms. The summed E-state index contributed by atoms with van der Waals surface area (Å²) in [7, 11) is 0. The quantitative estimate of drug-likeness (QED) is 0.717. The van der Waals surface area contributed by atoms with Crippen LogP contribution in [-0.2, 0) is 6.54 Å². The first kappa shape index (κ1) is 15.0. The Kier molecular flexibility index (Phi) is 6.73. The molecule has 0 unspecified atom stereocenters. The lowest BCUT2D eigenvalue weighted by Crippen LogP contribution is -2.22. The molecule has 0 aromatic carbocycles. The first-order valence-electron chi connectivity index (χ1n) is 6.95. The Morgan fingerprint density at radius 3 is 2.78 bits per heavy atom. The van der Waals surface area contributed by atoms with Crippen LogP contribution in [0.25, 0.3) is 0 Å². The van der Waals surface area contributed by atoms with Crippen molar-refractivity contribution < 1.29 is 4.74 Å². The molecule has 1 rings (SSSR count). The Morgan fingerprint density at radius 2 is 2.11 bits per heavy atom. The van der Waals surface area contributed by atoms with E-state index in [1.165, 1.54) is 12.8 Å². The maximum atomic E-state index is 5.87. The summed E-state index contributed by atoms with van der Waals surface area (Å²) >= 11 is 0. The van der Waals surface area contributed by atoms with Crippen molar-refractivity contribution in [2.75, 3.05) is 6.61 Å². The molecule has 0 amide bonds. The molecule has 0 radical (unpaired) electrons. The minimum atomic E-state index is 0.472. The van der Waals surface area contributed by atoms with Crippen LogP contribution in [0.5, 0.6) is 5.75 Å². The average Bonchev–Trinajstić information content (AvgIpc) is 2.33. The van der Waals surface area contributed by atoms with Crippen molar-refractivity contribution in [1.82, 2.24) is 10.3 Å². The highest BCUT2D eigenvalue weighted by molar-refractivity contribution is 5.32. The van der Waals surface area contributed by atoms with E-state index < -0.39 is 0 Å². The Balaban J connectivity index is 2.58. The molecular weight excluding hydrogens is 224 g/mol. The summed E-state index contributed by atoms with van der Waals surface area (Å²) in [6, 6.07) is 2.50. The third-order valence-electron chi connectivity index (χ3n) is 2.79. The summed E-state index contributed by atoms with van der Waals surface area (Å²) in [6.07, 6.45) is 5.49. The molecule has 0 saturated heterocycles. The third-order valence-corrected chi connectivity index (χ3v) is 2.79. The molecule has 0 aliphatic rings. The van der Waals surface area contributed by atoms with Gasteiger partial charge >= 0.3 is 0 Å². The van der Waals surface area contributed by atoms with Crippen LogP contribution in [0.1, 0.15) is 51.3 Å². The van der Waals surface area contributed by atoms with Crippen molar-refractivity contribution in [2.45, 2.75) is 59.5 Å². The maximum Gasteiger partial charge on any atom is 0.127 e. The molecule has 0 aliphatic carbocycles. The molecule has 0 atom stereocenters. The van der Waals surface area contributed by atoms with Crippen molar-refractivity contribution in [1.29, 1.82) is 0 Å². The number of nitrogens with zero attached hydrogens (tertiary/aromatic N) is 1. The summed E-state index contributed by atoms with van der Waals surface area (Å²) in [5.41, 5.74) is 2.15. The molecule has 102 valence electrons. The number of hydrogen-bond donors (Lipinski definition) is 1. The van der Waals surface area contributed by atoms with E-state index >= 15 is 0 Å². The van der Waals surface area contributed by atoms with Gasteiger partial charge in [0.2, 0.25) is 0 Å². The molecule has 3 heteroatoms. The van der Waals surface area contributed by atoms with E-state index in [0.29, 0.717) is 6.04 Å². The molecule has 18 heavy (non-hydrogen) atoms. The Morgan fingerprint density at radius 1 is 1.33 bits per heavy atom. The van der Waals surface area contributed by atoms with Gasteiger partial charge in [0.05, 0.1) is 6.61 Å². The SMILES string of the molecule is CCCCCOc1cc(C)ncc1CNC(C)C. The fourth-order valence-corrected chi connectivity index (χ4v) is 1.68. The molecule has 0 spiro atoms. The van der Waals surface area contributed by atoms with Gasteiger partial charge in [0.25, 0.3) is 0 Å². The fraction of sp³-hybridized carbons (Fsp3) is 0.667. The summed E-state index contributed by atoms with van der Waals surface area (Å²) in [4.78, 5) is 4.34. The number of unbranched alkanes of at least 4 members (excludes halogenated alkanes) is 2. The van der Waals surface area contributed by atoms with Gasteiger partial charge in [-0.05, 0) is 13.3 Å². The zero-order chi connectivity index (χ0) is 13.4. The van der Waals surface area contributed by atoms with Crippen LogP contribution < -0.4 is 10.1 Å². The summed E-state index contributed by atoms with van der Waals surface area (Å²) in [5.74, 6) is 0.978. The van der Waals surface area contributed by atoms with Gasteiger partial charge in [-0.15, -0.1) is 0 Å². The predicted molar refractivity (Wildman–Crippen MR) is 76.0 cm³/mol. The first-order valence-corrected chi connectivity index (χ1v) is 6.95. The van der Waals surface area contributed by atoms with Crippen LogP contribution in [0.4, 0.5) is 0 Å². The molecule has 1 heterocycles. The molecule has 1 aromatic heterocycles. The van der Waals surface area contributed by atoms with E-state index in [-0.39, 0.29) is 0 Å². The van der Waals surface area contributed by atoms with Crippen molar-refractivity contribution in [3.05, 3.63) is 23.5 Å². The number of pyridine rings is 1. The minimum absolute atomic E-state index is 0.472. The van der Waals surface area contributed by atoms with Crippen LogP contribution in [0.15, 0.2) is 12.3 Å². The molecule has 0 aliphatic heterocycles. The van der Waals surface area contributed by atoms with Gasteiger partial charge in [0.1, 0.15) is 5.75 Å². The van der Waals surface area contributed by atoms with Crippen LogP contribution in [0.3, 0.4) is 0 Å². The monoisotopic (exact) mass is 250 g/mol. The van der Waals surface area contributed by atoms with Crippen molar-refractivity contribution in [3.63, 3.8) is 0 Å². The highest BCUT2D eigenvalue weighted by Crippen LogP contribution is 2.19. The fourth-order valence-electron chi connectivity index (χ4n) is 1.68. The Labute approximate surface area is 111 Å². The standard InChI is InChI=1S/C15H26N2O/c1-5-6-7-8-18-15-9-13(4)17-11-14(15)10-16-12(2)3/h9,11-12,16H,5-8,10H2,1-4H3. The highest BCUT2D eigenvalue weighted by atomic mass is 16.5. The average molecular weight is 250 g/mol. The van der Waals surface area contributed by atoms with Crippen molar-refractivity contribution in [2.24, 2.45) is 0 Å². The molecule has 1 N–H and O–H groups in total. The number of rotatable bonds is 8. The normalized spacial score (nSPS) is 10.9. The zero-order valence-corrected chi connectivity index (χ0v) is 12.1. The van der Waals surface area contributed by atoms with E-state index in [2.05, 4.69) is 31.1 Å². The Bertz CT molecular complexity index is 350. The van der Waals surface area contributed by atoms with E-state index in [1.807, 2.05) is 19.2 Å². The molecular formula is C15H26N2O. The summed E-state index contributed by atoms with van der Waals surface area (Å²) in [6.45, 7) is 10.1. The third kappa shape index (κ3) is 5.50. The van der Waals surface area contributed by atoms with Crippen LogP contribution in [-0.4, -0.2) is 17.6 Å². The summed E-state index contributed by atoms with van der Waals surface area (Å²) < 4.78 is 5.87. The number of hydrogen-bond acceptors (Lipinski definition) is 3. The topological polar surface area (TPSA) is 34.1 Å². The number of nitrogens with one attached hydrogen (secondary N) is 1. The van der Waals surface area contributed by atoms with E-state index in [4.69, 9.17) is 4.74 Å². The van der Waals surface area contributed by atoms with E-state index in [9.17, 15) is 0 Å². The van der Waals surface area contributed by atoms with Crippen LogP contribution in [0, 0.1) is 6.92 Å². The van der Waals surface area contributed by atoms with Gasteiger partial charge in [-0.2, -0.15) is 0 Å². The lowest BCUT2D eigenvalue weighted by Gasteiger charge is -2.14. The minimum Gasteiger partial charge on any atom is -0.493 e. The first-order chi connectivity index (χ1) is 8.63. The largest absolute Gasteiger partial charge is 0.493 e. The van der Waals surface area contributed by atoms with Gasteiger partial charge in [-0.25, -0.2) is 0 Å². The smallest absolute Gasteiger partial charge is 0.127 e. The van der Waals surface area contributed by atoms with Gasteiger partial charge in [-0.3, -0.25) is 4.98 Å². The predicted octanol–water partition coefficient (Wildman–Crippen LogP) is 3.46.